The summed E-state index contributed by atoms with van der Waals surface area (Å²) < 4.78 is 0. The second-order valence-electron chi connectivity index (χ2n) is 6.54. The lowest BCUT2D eigenvalue weighted by Crippen LogP contribution is -2.25. The summed E-state index contributed by atoms with van der Waals surface area (Å²) in [6.45, 7) is 5.69. The molecule has 1 aromatic heterocycles. The quantitative estimate of drug-likeness (QED) is 0.882. The van der Waals surface area contributed by atoms with Crippen molar-refractivity contribution in [2.75, 3.05) is 13.1 Å². The van der Waals surface area contributed by atoms with Crippen LogP contribution in [-0.2, 0) is 11.3 Å². The summed E-state index contributed by atoms with van der Waals surface area (Å²) in [5.41, 5.74) is 2.45. The number of nitrogens with zero attached hydrogens (tertiary/aromatic N) is 1. The molecule has 1 aliphatic carbocycles. The van der Waals surface area contributed by atoms with Crippen molar-refractivity contribution in [1.29, 1.82) is 0 Å². The van der Waals surface area contributed by atoms with Gasteiger partial charge in [-0.1, -0.05) is 0 Å². The van der Waals surface area contributed by atoms with Gasteiger partial charge in [0.1, 0.15) is 0 Å². The summed E-state index contributed by atoms with van der Waals surface area (Å²) in [6, 6.07) is 0. The highest BCUT2D eigenvalue weighted by atomic mass is 16.4. The second kappa shape index (κ2) is 5.30. The fourth-order valence-corrected chi connectivity index (χ4v) is 3.50. The molecular formula is C16H22N2O3. The van der Waals surface area contributed by atoms with Crippen LogP contribution < -0.4 is 5.43 Å². The highest BCUT2D eigenvalue weighted by Crippen LogP contribution is 2.44. The SMILES string of the molecule is Cc1c[nH]c(CN2C[C@@H](C(=O)O)[C@H](C3CC3)C2)c(C)c1=O. The Morgan fingerprint density at radius 3 is 2.71 bits per heavy atom. The second-order valence-corrected chi connectivity index (χ2v) is 6.54. The highest BCUT2D eigenvalue weighted by molar-refractivity contribution is 5.71. The third-order valence-electron chi connectivity index (χ3n) is 4.98. The molecule has 1 aliphatic heterocycles. The molecule has 1 saturated carbocycles. The number of carboxylic acid groups (broad SMARTS) is 1. The summed E-state index contributed by atoms with van der Waals surface area (Å²) in [6.07, 6.45) is 4.08. The standard InChI is InChI=1S/C16H22N2O3/c1-9-5-17-14(10(2)15(9)19)8-18-6-12(11-3-4-11)13(7-18)16(20)21/h5,11-13H,3-4,6-8H2,1-2H3,(H,17,19)(H,20,21)/t12-,13+/m0/s1. The van der Waals surface area contributed by atoms with E-state index in [2.05, 4.69) is 9.88 Å². The Hall–Kier alpha value is -1.62. The molecule has 0 aromatic carbocycles. The first kappa shape index (κ1) is 14.3. The number of aliphatic carboxylic acids is 1. The molecule has 2 N–H and O–H groups in total. The van der Waals surface area contributed by atoms with Crippen molar-refractivity contribution in [3.63, 3.8) is 0 Å². The van der Waals surface area contributed by atoms with E-state index in [0.29, 0.717) is 19.0 Å². The van der Waals surface area contributed by atoms with Crippen LogP contribution in [0.15, 0.2) is 11.0 Å². The Kier molecular flexibility index (Phi) is 3.61. The fraction of sp³-hybridized carbons (Fsp3) is 0.625. The largest absolute Gasteiger partial charge is 0.481 e. The van der Waals surface area contributed by atoms with Gasteiger partial charge in [0.2, 0.25) is 0 Å². The van der Waals surface area contributed by atoms with E-state index in [-0.39, 0.29) is 17.3 Å². The van der Waals surface area contributed by atoms with Crippen molar-refractivity contribution in [2.45, 2.75) is 33.2 Å². The van der Waals surface area contributed by atoms with Crippen LogP contribution in [0.3, 0.4) is 0 Å². The zero-order valence-electron chi connectivity index (χ0n) is 12.6. The van der Waals surface area contributed by atoms with E-state index < -0.39 is 5.97 Å². The molecule has 1 saturated heterocycles. The fourth-order valence-electron chi connectivity index (χ4n) is 3.50. The van der Waals surface area contributed by atoms with Crippen LogP contribution in [0.5, 0.6) is 0 Å². The van der Waals surface area contributed by atoms with E-state index >= 15 is 0 Å². The number of hydrogen-bond donors (Lipinski definition) is 2. The number of aromatic amines is 1. The minimum Gasteiger partial charge on any atom is -0.481 e. The number of pyridine rings is 1. The Balaban J connectivity index is 1.75. The van der Waals surface area contributed by atoms with E-state index in [1.165, 1.54) is 12.8 Å². The van der Waals surface area contributed by atoms with Crippen LogP contribution >= 0.6 is 0 Å². The number of H-pyrrole nitrogens is 1. The maximum Gasteiger partial charge on any atom is 0.308 e. The predicted octanol–water partition coefficient (Wildman–Crippen LogP) is 1.53. The molecule has 5 heteroatoms. The minimum absolute atomic E-state index is 0.0801. The van der Waals surface area contributed by atoms with Crippen LogP contribution in [0.25, 0.3) is 0 Å². The van der Waals surface area contributed by atoms with Gasteiger partial charge in [-0.15, -0.1) is 0 Å². The van der Waals surface area contributed by atoms with Gasteiger partial charge in [-0.2, -0.15) is 0 Å². The van der Waals surface area contributed by atoms with Crippen LogP contribution in [0.4, 0.5) is 0 Å². The first-order chi connectivity index (χ1) is 9.97. The van der Waals surface area contributed by atoms with Crippen LogP contribution in [0.2, 0.25) is 0 Å². The molecule has 2 fully saturated rings. The number of aryl methyl sites for hydroxylation is 1. The van der Waals surface area contributed by atoms with E-state index in [4.69, 9.17) is 0 Å². The summed E-state index contributed by atoms with van der Waals surface area (Å²) in [7, 11) is 0. The molecule has 3 rings (SSSR count). The summed E-state index contributed by atoms with van der Waals surface area (Å²) in [5, 5.41) is 9.39. The molecule has 2 heterocycles. The van der Waals surface area contributed by atoms with Crippen LogP contribution in [0, 0.1) is 31.6 Å². The molecule has 0 spiro atoms. The number of aromatic nitrogens is 1. The number of hydrogen-bond acceptors (Lipinski definition) is 3. The molecule has 0 unspecified atom stereocenters. The van der Waals surface area contributed by atoms with Gasteiger partial charge in [0.25, 0.3) is 0 Å². The van der Waals surface area contributed by atoms with Crippen molar-refractivity contribution in [1.82, 2.24) is 9.88 Å². The van der Waals surface area contributed by atoms with Crippen molar-refractivity contribution in [2.24, 2.45) is 17.8 Å². The predicted molar refractivity (Wildman–Crippen MR) is 79.2 cm³/mol. The van der Waals surface area contributed by atoms with Gasteiger partial charge < -0.3 is 10.1 Å². The van der Waals surface area contributed by atoms with E-state index in [9.17, 15) is 14.7 Å². The number of nitrogens with one attached hydrogen (secondary N) is 1. The Labute approximate surface area is 124 Å². The number of carbonyl (C=O) groups is 1. The maximum atomic E-state index is 12.0. The number of likely N-dealkylation sites (tertiary alicyclic amines) is 1. The van der Waals surface area contributed by atoms with Gasteiger partial charge in [0.05, 0.1) is 5.92 Å². The maximum absolute atomic E-state index is 12.0. The van der Waals surface area contributed by atoms with Gasteiger partial charge in [-0.3, -0.25) is 14.5 Å². The van der Waals surface area contributed by atoms with E-state index in [1.807, 2.05) is 6.92 Å². The van der Waals surface area contributed by atoms with E-state index in [0.717, 1.165) is 23.4 Å². The van der Waals surface area contributed by atoms with Gasteiger partial charge in [0.15, 0.2) is 5.43 Å². The number of carboxylic acids is 1. The van der Waals surface area contributed by atoms with Crippen molar-refractivity contribution in [3.8, 4) is 0 Å². The molecule has 0 radical (unpaired) electrons. The van der Waals surface area contributed by atoms with Crippen molar-refractivity contribution >= 4 is 5.97 Å². The lowest BCUT2D eigenvalue weighted by molar-refractivity contribution is -0.142. The zero-order valence-corrected chi connectivity index (χ0v) is 12.6. The third kappa shape index (κ3) is 2.75. The first-order valence-electron chi connectivity index (χ1n) is 7.60. The summed E-state index contributed by atoms with van der Waals surface area (Å²) in [5.74, 6) is -0.0623. The average Bonchev–Trinajstić information content (AvgIpc) is 3.20. The van der Waals surface area contributed by atoms with Gasteiger partial charge in [-0.25, -0.2) is 0 Å². The molecule has 114 valence electrons. The number of rotatable bonds is 4. The summed E-state index contributed by atoms with van der Waals surface area (Å²) in [4.78, 5) is 28.8. The third-order valence-corrected chi connectivity index (χ3v) is 4.98. The van der Waals surface area contributed by atoms with Crippen molar-refractivity contribution in [3.05, 3.63) is 33.2 Å². The van der Waals surface area contributed by atoms with Crippen LogP contribution in [-0.4, -0.2) is 34.0 Å². The van der Waals surface area contributed by atoms with Gasteiger partial charge >= 0.3 is 5.97 Å². The lowest BCUT2D eigenvalue weighted by Gasteiger charge is -2.17. The zero-order chi connectivity index (χ0) is 15.1. The Morgan fingerprint density at radius 1 is 1.38 bits per heavy atom. The molecule has 21 heavy (non-hydrogen) atoms. The van der Waals surface area contributed by atoms with Gasteiger partial charge in [0, 0.05) is 42.7 Å². The Morgan fingerprint density at radius 2 is 2.10 bits per heavy atom. The summed E-state index contributed by atoms with van der Waals surface area (Å²) >= 11 is 0. The highest BCUT2D eigenvalue weighted by Gasteiger charge is 2.45. The molecule has 0 amide bonds. The molecule has 2 aliphatic rings. The lowest BCUT2D eigenvalue weighted by atomic mass is 9.92. The average molecular weight is 290 g/mol. The smallest absolute Gasteiger partial charge is 0.308 e. The van der Waals surface area contributed by atoms with Crippen molar-refractivity contribution < 1.29 is 9.90 Å². The van der Waals surface area contributed by atoms with Gasteiger partial charge in [-0.05, 0) is 38.5 Å². The normalized spacial score (nSPS) is 26.2. The van der Waals surface area contributed by atoms with Crippen LogP contribution in [0.1, 0.15) is 29.7 Å². The molecule has 5 nitrogen and oxygen atoms in total. The molecule has 0 bridgehead atoms. The Bertz CT molecular complexity index is 618. The van der Waals surface area contributed by atoms with E-state index in [1.54, 1.807) is 13.1 Å². The minimum atomic E-state index is -0.677. The molecule has 2 atom stereocenters. The first-order valence-corrected chi connectivity index (χ1v) is 7.60. The monoisotopic (exact) mass is 290 g/mol. The molecular weight excluding hydrogens is 268 g/mol. The topological polar surface area (TPSA) is 73.4 Å². The molecule has 1 aromatic rings.